The molecular formula is C11H12N2O5S. The van der Waals surface area contributed by atoms with Crippen LogP contribution in [0, 0.1) is 0 Å². The number of carboxylic acids is 1. The quantitative estimate of drug-likeness (QED) is 0.796. The number of nitrogens with zero attached hydrogens (tertiary/aromatic N) is 2. The van der Waals surface area contributed by atoms with Gasteiger partial charge < -0.3 is 10.0 Å². The fraction of sp³-hybridized carbons (Fsp3) is 0.364. The number of hydrogen-bond acceptors (Lipinski definition) is 5. The maximum Gasteiger partial charge on any atom is 0.338 e. The summed E-state index contributed by atoms with van der Waals surface area (Å²) in [5.74, 6) is -1.89. The van der Waals surface area contributed by atoms with Crippen molar-refractivity contribution in [2.45, 2.75) is 0 Å². The van der Waals surface area contributed by atoms with E-state index in [1.54, 1.807) is 0 Å². The molecule has 102 valence electrons. The minimum Gasteiger partial charge on any atom is -0.478 e. The molecule has 1 aliphatic rings. The number of sulfone groups is 1. The predicted octanol–water partition coefficient (Wildman–Crippen LogP) is -0.350. The van der Waals surface area contributed by atoms with Crippen molar-refractivity contribution < 1.29 is 23.1 Å². The molecule has 1 saturated heterocycles. The van der Waals surface area contributed by atoms with Crippen molar-refractivity contribution in [1.82, 2.24) is 9.88 Å². The summed E-state index contributed by atoms with van der Waals surface area (Å²) in [4.78, 5) is 28.2. The molecule has 1 aliphatic heterocycles. The van der Waals surface area contributed by atoms with E-state index in [9.17, 15) is 18.0 Å². The molecule has 0 radical (unpaired) electrons. The van der Waals surface area contributed by atoms with Crippen molar-refractivity contribution in [2.75, 3.05) is 24.6 Å². The van der Waals surface area contributed by atoms with Crippen molar-refractivity contribution >= 4 is 21.7 Å². The summed E-state index contributed by atoms with van der Waals surface area (Å²) in [7, 11) is -3.08. The summed E-state index contributed by atoms with van der Waals surface area (Å²) >= 11 is 0. The lowest BCUT2D eigenvalue weighted by Gasteiger charge is -2.27. The van der Waals surface area contributed by atoms with Gasteiger partial charge in [0.1, 0.15) is 0 Å². The molecule has 1 N–H and O–H groups in total. The molecule has 1 fully saturated rings. The number of aromatic nitrogens is 1. The fourth-order valence-electron chi connectivity index (χ4n) is 1.84. The molecule has 1 amide bonds. The van der Waals surface area contributed by atoms with Crippen molar-refractivity contribution in [2.24, 2.45) is 0 Å². The third kappa shape index (κ3) is 2.90. The van der Waals surface area contributed by atoms with E-state index >= 15 is 0 Å². The first-order valence-electron chi connectivity index (χ1n) is 5.58. The van der Waals surface area contributed by atoms with Gasteiger partial charge >= 0.3 is 5.97 Å². The summed E-state index contributed by atoms with van der Waals surface area (Å²) in [5.41, 5.74) is -0.150. The third-order valence-electron chi connectivity index (χ3n) is 2.91. The molecule has 0 aliphatic carbocycles. The van der Waals surface area contributed by atoms with E-state index in [4.69, 9.17) is 5.11 Å². The molecule has 1 aromatic heterocycles. The number of amides is 1. The second-order valence-corrected chi connectivity index (χ2v) is 6.47. The highest BCUT2D eigenvalue weighted by molar-refractivity contribution is 7.91. The zero-order valence-corrected chi connectivity index (χ0v) is 10.8. The van der Waals surface area contributed by atoms with E-state index in [1.807, 2.05) is 0 Å². The Kier molecular flexibility index (Phi) is 3.52. The van der Waals surface area contributed by atoms with Crippen LogP contribution in [0.15, 0.2) is 18.5 Å². The van der Waals surface area contributed by atoms with E-state index in [0.29, 0.717) is 0 Å². The van der Waals surface area contributed by atoms with Crippen LogP contribution >= 0.6 is 0 Å². The van der Waals surface area contributed by atoms with E-state index in [0.717, 1.165) is 6.20 Å². The van der Waals surface area contributed by atoms with Crippen LogP contribution in [0.5, 0.6) is 0 Å². The summed E-state index contributed by atoms with van der Waals surface area (Å²) in [6, 6.07) is 1.33. The highest BCUT2D eigenvalue weighted by Gasteiger charge is 2.27. The Morgan fingerprint density at radius 1 is 1.21 bits per heavy atom. The highest BCUT2D eigenvalue weighted by atomic mass is 32.2. The standard InChI is InChI=1S/C11H12N2O5S/c14-10(13-3-5-19(17,18)6-4-13)8-1-2-12-7-9(8)11(15)16/h1-2,7H,3-6H2,(H,15,16). The third-order valence-corrected chi connectivity index (χ3v) is 4.52. The molecule has 8 heteroatoms. The molecule has 2 heterocycles. The second-order valence-electron chi connectivity index (χ2n) is 4.17. The van der Waals surface area contributed by atoms with Gasteiger partial charge in [-0.3, -0.25) is 9.78 Å². The van der Waals surface area contributed by atoms with Crippen LogP contribution in [0.2, 0.25) is 0 Å². The normalized spacial score (nSPS) is 18.0. The predicted molar refractivity (Wildman–Crippen MR) is 65.8 cm³/mol. The summed E-state index contributed by atoms with van der Waals surface area (Å²) in [6.45, 7) is 0.172. The van der Waals surface area contributed by atoms with Gasteiger partial charge in [0.05, 0.1) is 22.6 Å². The van der Waals surface area contributed by atoms with E-state index in [1.165, 1.54) is 17.2 Å². The molecule has 0 spiro atoms. The van der Waals surface area contributed by atoms with Crippen LogP contribution in [-0.2, 0) is 9.84 Å². The van der Waals surface area contributed by atoms with Crippen LogP contribution < -0.4 is 0 Å². The molecule has 1 aromatic rings. The average molecular weight is 284 g/mol. The SMILES string of the molecule is O=C(O)c1cnccc1C(=O)N1CCS(=O)(=O)CC1. The number of hydrogen-bond donors (Lipinski definition) is 1. The monoisotopic (exact) mass is 284 g/mol. The Balaban J connectivity index is 2.24. The zero-order chi connectivity index (χ0) is 14.0. The minimum absolute atomic E-state index is 0.0294. The van der Waals surface area contributed by atoms with Crippen molar-refractivity contribution in [3.63, 3.8) is 0 Å². The van der Waals surface area contributed by atoms with Gasteiger partial charge in [-0.15, -0.1) is 0 Å². The van der Waals surface area contributed by atoms with Crippen LogP contribution in [0.25, 0.3) is 0 Å². The molecular weight excluding hydrogens is 272 g/mol. The van der Waals surface area contributed by atoms with Gasteiger partial charge in [-0.2, -0.15) is 0 Å². The van der Waals surface area contributed by atoms with Gasteiger partial charge in [-0.1, -0.05) is 0 Å². The average Bonchev–Trinajstić information content (AvgIpc) is 2.38. The molecule has 0 unspecified atom stereocenters. The van der Waals surface area contributed by atoms with Gasteiger partial charge in [0.25, 0.3) is 5.91 Å². The molecule has 19 heavy (non-hydrogen) atoms. The summed E-state index contributed by atoms with van der Waals surface area (Å²) < 4.78 is 22.6. The van der Waals surface area contributed by atoms with Gasteiger partial charge in [0.2, 0.25) is 0 Å². The first-order valence-corrected chi connectivity index (χ1v) is 7.40. The Bertz CT molecular complexity index is 612. The second kappa shape index (κ2) is 4.96. The molecule has 0 bridgehead atoms. The lowest BCUT2D eigenvalue weighted by Crippen LogP contribution is -2.44. The topological polar surface area (TPSA) is 105 Å². The Labute approximate surface area is 109 Å². The van der Waals surface area contributed by atoms with Crippen LogP contribution in [0.4, 0.5) is 0 Å². The van der Waals surface area contributed by atoms with Crippen molar-refractivity contribution in [3.8, 4) is 0 Å². The first kappa shape index (κ1) is 13.5. The Hall–Kier alpha value is -1.96. The number of carbonyl (C=O) groups excluding carboxylic acids is 1. The van der Waals surface area contributed by atoms with E-state index in [2.05, 4.69) is 4.98 Å². The molecule has 0 saturated carbocycles. The van der Waals surface area contributed by atoms with Crippen molar-refractivity contribution in [3.05, 3.63) is 29.6 Å². The maximum atomic E-state index is 12.2. The fourth-order valence-corrected chi connectivity index (χ4v) is 3.04. The molecule has 0 atom stereocenters. The number of aromatic carboxylic acids is 1. The lowest BCUT2D eigenvalue weighted by molar-refractivity contribution is 0.0677. The van der Waals surface area contributed by atoms with Gasteiger partial charge in [0.15, 0.2) is 9.84 Å². The smallest absolute Gasteiger partial charge is 0.338 e. The minimum atomic E-state index is -3.08. The Morgan fingerprint density at radius 2 is 1.84 bits per heavy atom. The highest BCUT2D eigenvalue weighted by Crippen LogP contribution is 2.13. The van der Waals surface area contributed by atoms with Crippen LogP contribution in [0.3, 0.4) is 0 Å². The molecule has 7 nitrogen and oxygen atoms in total. The number of pyridine rings is 1. The largest absolute Gasteiger partial charge is 0.478 e. The Morgan fingerprint density at radius 3 is 2.42 bits per heavy atom. The number of carboxylic acid groups (broad SMARTS) is 1. The maximum absolute atomic E-state index is 12.2. The van der Waals surface area contributed by atoms with E-state index < -0.39 is 21.7 Å². The summed E-state index contributed by atoms with van der Waals surface area (Å²) in [5, 5.41) is 8.99. The van der Waals surface area contributed by atoms with Crippen LogP contribution in [-0.4, -0.2) is 59.9 Å². The first-order chi connectivity index (χ1) is 8.91. The van der Waals surface area contributed by atoms with Gasteiger partial charge in [-0.25, -0.2) is 13.2 Å². The summed E-state index contributed by atoms with van der Waals surface area (Å²) in [6.07, 6.45) is 2.44. The van der Waals surface area contributed by atoms with E-state index in [-0.39, 0.29) is 35.7 Å². The van der Waals surface area contributed by atoms with Crippen molar-refractivity contribution in [1.29, 1.82) is 0 Å². The van der Waals surface area contributed by atoms with Gasteiger partial charge in [0, 0.05) is 25.5 Å². The number of carbonyl (C=O) groups is 2. The van der Waals surface area contributed by atoms with Crippen LogP contribution in [0.1, 0.15) is 20.7 Å². The lowest BCUT2D eigenvalue weighted by atomic mass is 10.1. The van der Waals surface area contributed by atoms with Gasteiger partial charge in [-0.05, 0) is 6.07 Å². The zero-order valence-electron chi connectivity index (χ0n) is 9.94. The molecule has 2 rings (SSSR count). The number of rotatable bonds is 2. The molecule has 0 aromatic carbocycles.